The van der Waals surface area contributed by atoms with Gasteiger partial charge in [-0.05, 0) is 6.92 Å². The Morgan fingerprint density at radius 1 is 1.60 bits per heavy atom. The smallest absolute Gasteiger partial charge is 0.0402 e. The van der Waals surface area contributed by atoms with Crippen LogP contribution in [-0.4, -0.2) is 17.2 Å². The Labute approximate surface area is 72.4 Å². The molecule has 0 unspecified atom stereocenters. The fourth-order valence-corrected chi connectivity index (χ4v) is 0. The van der Waals surface area contributed by atoms with Gasteiger partial charge < -0.3 is 10.6 Å². The third-order valence-corrected chi connectivity index (χ3v) is 0. The Bertz CT molecular complexity index is 7.61. The first-order valence-electron chi connectivity index (χ1n) is 1.02. The summed E-state index contributed by atoms with van der Waals surface area (Å²) in [5.74, 6) is 0. The van der Waals surface area contributed by atoms with Crippen LogP contribution in [0.1, 0.15) is 6.92 Å². The first-order valence-corrected chi connectivity index (χ1v) is 1.02. The zero-order valence-corrected chi connectivity index (χ0v) is 5.46. The molecule has 0 aliphatic heterocycles. The molecular formula is C2H8EuO2. The zero-order valence-electron chi connectivity index (χ0n) is 3.03. The Morgan fingerprint density at radius 2 is 1.60 bits per heavy atom. The minimum absolute atomic E-state index is 0. The molecule has 3 N–H and O–H groups in total. The molecule has 0 aliphatic carbocycles. The summed E-state index contributed by atoms with van der Waals surface area (Å²) < 4.78 is 0. The van der Waals surface area contributed by atoms with Crippen LogP contribution in [0.4, 0.5) is 0 Å². The van der Waals surface area contributed by atoms with Gasteiger partial charge in [0.25, 0.3) is 0 Å². The average Bonchev–Trinajstić information content (AvgIpc) is 0.918. The van der Waals surface area contributed by atoms with Crippen LogP contribution in [-0.2, 0) is 0 Å². The first-order chi connectivity index (χ1) is 1.41. The minimum Gasteiger partial charge on any atom is -0.412 e. The van der Waals surface area contributed by atoms with E-state index < -0.39 is 0 Å². The molecule has 2 nitrogen and oxygen atoms in total. The quantitative estimate of drug-likeness (QED) is 0.564. The summed E-state index contributed by atoms with van der Waals surface area (Å²) in [5, 5.41) is 7.57. The van der Waals surface area contributed by atoms with Crippen LogP contribution in [0, 0.1) is 49.4 Å². The average molecular weight is 216 g/mol. The van der Waals surface area contributed by atoms with Crippen molar-refractivity contribution < 1.29 is 60.0 Å². The van der Waals surface area contributed by atoms with E-state index in [2.05, 4.69) is 0 Å². The predicted molar refractivity (Wildman–Crippen MR) is 16.4 cm³/mol. The molecule has 0 aliphatic rings. The molecule has 0 saturated heterocycles. The van der Waals surface area contributed by atoms with Crippen LogP contribution in [0.25, 0.3) is 0 Å². The molecule has 0 aromatic heterocycles. The predicted octanol–water partition coefficient (Wildman–Crippen LogP) is -0.826. The van der Waals surface area contributed by atoms with Crippen molar-refractivity contribution in [2.75, 3.05) is 6.61 Å². The van der Waals surface area contributed by atoms with E-state index in [0.29, 0.717) is 0 Å². The van der Waals surface area contributed by atoms with Crippen LogP contribution < -0.4 is 0 Å². The third kappa shape index (κ3) is 29.9. The van der Waals surface area contributed by atoms with Crippen molar-refractivity contribution in [2.24, 2.45) is 0 Å². The summed E-state index contributed by atoms with van der Waals surface area (Å²) in [6.07, 6.45) is 0. The van der Waals surface area contributed by atoms with Crippen molar-refractivity contribution in [3.8, 4) is 0 Å². The van der Waals surface area contributed by atoms with Gasteiger partial charge in [-0.15, -0.1) is 0 Å². The van der Waals surface area contributed by atoms with Gasteiger partial charge >= 0.3 is 0 Å². The van der Waals surface area contributed by atoms with Crippen molar-refractivity contribution in [3.05, 3.63) is 0 Å². The summed E-state index contributed by atoms with van der Waals surface area (Å²) in [6, 6.07) is 0. The SMILES string of the molecule is CCO.O.[Eu]. The third-order valence-electron chi connectivity index (χ3n) is 0. The number of rotatable bonds is 0. The topological polar surface area (TPSA) is 51.7 Å². The summed E-state index contributed by atoms with van der Waals surface area (Å²) >= 11 is 0. The van der Waals surface area contributed by atoms with E-state index in [9.17, 15) is 0 Å². The second-order valence-corrected chi connectivity index (χ2v) is 0.316. The first kappa shape index (κ1) is 16.0. The van der Waals surface area contributed by atoms with Gasteiger partial charge in [-0.25, -0.2) is 0 Å². The van der Waals surface area contributed by atoms with Crippen LogP contribution in [0.2, 0.25) is 0 Å². The van der Waals surface area contributed by atoms with Gasteiger partial charge in [-0.3, -0.25) is 0 Å². The Hall–Kier alpha value is 1.50. The number of hydrogen-bond donors (Lipinski definition) is 1. The standard InChI is InChI=1S/C2H6O.Eu.H2O/c1-2-3;;/h3H,2H2,1H3;;1H2. The maximum absolute atomic E-state index is 7.57. The van der Waals surface area contributed by atoms with Gasteiger partial charge in [0.2, 0.25) is 0 Å². The van der Waals surface area contributed by atoms with Crippen molar-refractivity contribution >= 4 is 0 Å². The van der Waals surface area contributed by atoms with Gasteiger partial charge in [-0.1, -0.05) is 0 Å². The maximum Gasteiger partial charge on any atom is 0.0402 e. The Kier molecular flexibility index (Phi) is 57.1. The Morgan fingerprint density at radius 3 is 1.60 bits per heavy atom. The molecule has 0 heterocycles. The fraction of sp³-hybridized carbons (Fsp3) is 1.00. The molecule has 0 amide bonds. The van der Waals surface area contributed by atoms with E-state index in [1.54, 1.807) is 6.92 Å². The van der Waals surface area contributed by atoms with E-state index in [1.807, 2.05) is 0 Å². The van der Waals surface area contributed by atoms with E-state index >= 15 is 0 Å². The molecule has 0 atom stereocenters. The normalized spacial score (nSPS) is 3.60. The molecule has 5 heavy (non-hydrogen) atoms. The molecule has 35 valence electrons. The zero-order chi connectivity index (χ0) is 2.71. The number of hydrogen-bond acceptors (Lipinski definition) is 1. The second kappa shape index (κ2) is 17.8. The van der Waals surface area contributed by atoms with Crippen molar-refractivity contribution in [2.45, 2.75) is 6.92 Å². The van der Waals surface area contributed by atoms with Gasteiger partial charge in [0.05, 0.1) is 0 Å². The van der Waals surface area contributed by atoms with E-state index in [4.69, 9.17) is 5.11 Å². The van der Waals surface area contributed by atoms with Crippen LogP contribution >= 0.6 is 0 Å². The summed E-state index contributed by atoms with van der Waals surface area (Å²) in [7, 11) is 0. The van der Waals surface area contributed by atoms with Crippen molar-refractivity contribution in [3.63, 3.8) is 0 Å². The molecular weight excluding hydrogens is 208 g/mol. The monoisotopic (exact) mass is 217 g/mol. The molecule has 0 fully saturated rings. The minimum atomic E-state index is 0. The molecule has 1 radical (unpaired) electrons. The van der Waals surface area contributed by atoms with Crippen molar-refractivity contribution in [1.82, 2.24) is 0 Å². The number of aliphatic hydroxyl groups excluding tert-OH is 1. The molecule has 0 aromatic carbocycles. The van der Waals surface area contributed by atoms with E-state index in [1.165, 1.54) is 0 Å². The number of aliphatic hydroxyl groups is 1. The maximum atomic E-state index is 7.57. The van der Waals surface area contributed by atoms with Gasteiger partial charge in [0, 0.05) is 56.0 Å². The van der Waals surface area contributed by atoms with Crippen LogP contribution in [0.3, 0.4) is 0 Å². The largest absolute Gasteiger partial charge is 0.412 e. The summed E-state index contributed by atoms with van der Waals surface area (Å²) in [6.45, 7) is 1.93. The fourth-order valence-electron chi connectivity index (χ4n) is 0. The second-order valence-electron chi connectivity index (χ2n) is 0.316. The van der Waals surface area contributed by atoms with Gasteiger partial charge in [0.15, 0.2) is 0 Å². The van der Waals surface area contributed by atoms with E-state index in [-0.39, 0.29) is 61.5 Å². The van der Waals surface area contributed by atoms with Crippen molar-refractivity contribution in [1.29, 1.82) is 0 Å². The van der Waals surface area contributed by atoms with Crippen LogP contribution in [0.15, 0.2) is 0 Å². The molecule has 0 spiro atoms. The molecule has 0 bridgehead atoms. The summed E-state index contributed by atoms with van der Waals surface area (Å²) in [5.41, 5.74) is 0. The van der Waals surface area contributed by atoms with E-state index in [0.717, 1.165) is 0 Å². The van der Waals surface area contributed by atoms with Gasteiger partial charge in [-0.2, -0.15) is 0 Å². The molecule has 3 heteroatoms. The molecule has 0 aromatic rings. The molecule has 0 saturated carbocycles. The van der Waals surface area contributed by atoms with Crippen LogP contribution in [0.5, 0.6) is 0 Å². The Balaban J connectivity index is -0.0000000200. The van der Waals surface area contributed by atoms with Gasteiger partial charge in [0.1, 0.15) is 0 Å². The summed E-state index contributed by atoms with van der Waals surface area (Å²) in [4.78, 5) is 0. The molecule has 0 rings (SSSR count).